The highest BCUT2D eigenvalue weighted by Crippen LogP contribution is 2.19. The molecule has 1 aliphatic heterocycles. The Morgan fingerprint density at radius 1 is 1.07 bits per heavy atom. The summed E-state index contributed by atoms with van der Waals surface area (Å²) in [6.45, 7) is 2.45. The van der Waals surface area contributed by atoms with Gasteiger partial charge in [-0.3, -0.25) is 14.4 Å². The van der Waals surface area contributed by atoms with Gasteiger partial charge in [0.05, 0.1) is 5.56 Å². The van der Waals surface area contributed by atoms with E-state index in [-0.39, 0.29) is 17.9 Å². The minimum Gasteiger partial charge on any atom is -0.427 e. The van der Waals surface area contributed by atoms with Crippen LogP contribution in [-0.4, -0.2) is 41.8 Å². The molecule has 3 rings (SSSR count). The number of nitrogens with one attached hydrogen (secondary N) is 1. The smallest absolute Gasteiger partial charge is 0.308 e. The van der Waals surface area contributed by atoms with Crippen LogP contribution in [0.1, 0.15) is 40.5 Å². The summed E-state index contributed by atoms with van der Waals surface area (Å²) in [5.41, 5.74) is 1.02. The standard InChI is InChI=1S/C21H22N2O4S/c1-14(24)27-17-6-4-5-15(13-17)20(25)22-16-9-11-23(12-10-16)21(26)18-7-2-3-8-19(18)28/h2-8,13,16,28H,9-12H2,1H3,(H,22,25). The molecule has 0 saturated carbocycles. The van der Waals surface area contributed by atoms with Crippen molar-refractivity contribution in [3.05, 3.63) is 59.7 Å². The van der Waals surface area contributed by atoms with Gasteiger partial charge in [-0.2, -0.15) is 0 Å². The fourth-order valence-corrected chi connectivity index (χ4v) is 3.44. The molecule has 0 atom stereocenters. The van der Waals surface area contributed by atoms with Crippen molar-refractivity contribution in [1.82, 2.24) is 10.2 Å². The molecule has 1 heterocycles. The van der Waals surface area contributed by atoms with Gasteiger partial charge >= 0.3 is 5.97 Å². The first kappa shape index (κ1) is 19.9. The number of likely N-dealkylation sites (tertiary alicyclic amines) is 1. The zero-order valence-electron chi connectivity index (χ0n) is 15.6. The van der Waals surface area contributed by atoms with Gasteiger partial charge in [-0.05, 0) is 43.2 Å². The summed E-state index contributed by atoms with van der Waals surface area (Å²) in [4.78, 5) is 38.6. The van der Waals surface area contributed by atoms with E-state index in [1.54, 1.807) is 41.3 Å². The fourth-order valence-electron chi connectivity index (χ4n) is 3.19. The van der Waals surface area contributed by atoms with Crippen LogP contribution in [0.25, 0.3) is 0 Å². The lowest BCUT2D eigenvalue weighted by molar-refractivity contribution is -0.131. The maximum atomic E-state index is 12.6. The number of rotatable bonds is 4. The highest BCUT2D eigenvalue weighted by atomic mass is 32.1. The average Bonchev–Trinajstić information content (AvgIpc) is 2.68. The Bertz CT molecular complexity index is 891. The first-order chi connectivity index (χ1) is 13.4. The molecule has 2 aromatic rings. The molecule has 0 radical (unpaired) electrons. The van der Waals surface area contributed by atoms with Crippen LogP contribution in [0.3, 0.4) is 0 Å². The predicted molar refractivity (Wildman–Crippen MR) is 108 cm³/mol. The lowest BCUT2D eigenvalue weighted by Gasteiger charge is -2.32. The van der Waals surface area contributed by atoms with Crippen LogP contribution in [0.15, 0.2) is 53.4 Å². The first-order valence-corrected chi connectivity index (χ1v) is 9.55. The zero-order chi connectivity index (χ0) is 20.1. The van der Waals surface area contributed by atoms with Crippen LogP contribution >= 0.6 is 12.6 Å². The van der Waals surface area contributed by atoms with Crippen molar-refractivity contribution in [2.24, 2.45) is 0 Å². The van der Waals surface area contributed by atoms with E-state index in [0.717, 1.165) is 0 Å². The monoisotopic (exact) mass is 398 g/mol. The number of carbonyl (C=O) groups is 3. The molecular formula is C21H22N2O4S. The van der Waals surface area contributed by atoms with Crippen molar-refractivity contribution >= 4 is 30.4 Å². The minimum absolute atomic E-state index is 0.0137. The first-order valence-electron chi connectivity index (χ1n) is 9.10. The second-order valence-corrected chi connectivity index (χ2v) is 7.16. The second kappa shape index (κ2) is 8.93. The largest absolute Gasteiger partial charge is 0.427 e. The van der Waals surface area contributed by atoms with Gasteiger partial charge in [0.15, 0.2) is 0 Å². The summed E-state index contributed by atoms with van der Waals surface area (Å²) in [5.74, 6) is -0.354. The van der Waals surface area contributed by atoms with E-state index >= 15 is 0 Å². The maximum Gasteiger partial charge on any atom is 0.308 e. The molecule has 146 valence electrons. The van der Waals surface area contributed by atoms with E-state index in [0.29, 0.717) is 47.7 Å². The van der Waals surface area contributed by atoms with Crippen LogP contribution in [-0.2, 0) is 4.79 Å². The quantitative estimate of drug-likeness (QED) is 0.472. The van der Waals surface area contributed by atoms with Gasteiger partial charge in [0.25, 0.3) is 11.8 Å². The summed E-state index contributed by atoms with van der Waals surface area (Å²) >= 11 is 4.35. The van der Waals surface area contributed by atoms with Gasteiger partial charge in [0.2, 0.25) is 0 Å². The van der Waals surface area contributed by atoms with E-state index in [4.69, 9.17) is 4.74 Å². The third-order valence-electron chi connectivity index (χ3n) is 4.61. The third kappa shape index (κ3) is 4.92. The van der Waals surface area contributed by atoms with Gasteiger partial charge in [-0.15, -0.1) is 12.6 Å². The lowest BCUT2D eigenvalue weighted by atomic mass is 10.0. The molecule has 6 nitrogen and oxygen atoms in total. The summed E-state index contributed by atoms with van der Waals surface area (Å²) in [6, 6.07) is 13.7. The summed E-state index contributed by atoms with van der Waals surface area (Å²) in [5, 5.41) is 2.99. The third-order valence-corrected chi connectivity index (χ3v) is 5.00. The van der Waals surface area contributed by atoms with Crippen molar-refractivity contribution in [3.63, 3.8) is 0 Å². The van der Waals surface area contributed by atoms with E-state index in [2.05, 4.69) is 17.9 Å². The summed E-state index contributed by atoms with van der Waals surface area (Å²) < 4.78 is 5.02. The highest BCUT2D eigenvalue weighted by molar-refractivity contribution is 7.80. The van der Waals surface area contributed by atoms with E-state index in [9.17, 15) is 14.4 Å². The molecule has 0 bridgehead atoms. The second-order valence-electron chi connectivity index (χ2n) is 6.68. The fraction of sp³-hybridized carbons (Fsp3) is 0.286. The minimum atomic E-state index is -0.433. The van der Waals surface area contributed by atoms with E-state index < -0.39 is 5.97 Å². The molecule has 0 aliphatic carbocycles. The number of esters is 1. The number of benzene rings is 2. The molecule has 0 aromatic heterocycles. The normalized spacial score (nSPS) is 14.4. The summed E-state index contributed by atoms with van der Waals surface area (Å²) in [7, 11) is 0. The van der Waals surface area contributed by atoms with Crippen LogP contribution in [0.2, 0.25) is 0 Å². The van der Waals surface area contributed by atoms with E-state index in [1.165, 1.54) is 6.92 Å². The van der Waals surface area contributed by atoms with Gasteiger partial charge in [-0.1, -0.05) is 18.2 Å². The zero-order valence-corrected chi connectivity index (χ0v) is 16.4. The molecule has 28 heavy (non-hydrogen) atoms. The van der Waals surface area contributed by atoms with Crippen LogP contribution in [0, 0.1) is 0 Å². The van der Waals surface area contributed by atoms with Gasteiger partial charge in [-0.25, -0.2) is 0 Å². The molecule has 0 spiro atoms. The van der Waals surface area contributed by atoms with Crippen molar-refractivity contribution in [2.45, 2.75) is 30.7 Å². The SMILES string of the molecule is CC(=O)Oc1cccc(C(=O)NC2CCN(C(=O)c3ccccc3S)CC2)c1. The van der Waals surface area contributed by atoms with Crippen LogP contribution < -0.4 is 10.1 Å². The molecular weight excluding hydrogens is 376 g/mol. The predicted octanol–water partition coefficient (Wildman–Crippen LogP) is 2.94. The maximum absolute atomic E-state index is 12.6. The van der Waals surface area contributed by atoms with Crippen LogP contribution in [0.4, 0.5) is 0 Å². The van der Waals surface area contributed by atoms with Crippen molar-refractivity contribution in [3.8, 4) is 5.75 Å². The van der Waals surface area contributed by atoms with Gasteiger partial charge in [0, 0.05) is 36.5 Å². The van der Waals surface area contributed by atoms with Crippen molar-refractivity contribution < 1.29 is 19.1 Å². The Kier molecular flexibility index (Phi) is 6.36. The van der Waals surface area contributed by atoms with Crippen molar-refractivity contribution in [2.75, 3.05) is 13.1 Å². The molecule has 0 unspecified atom stereocenters. The molecule has 2 aromatic carbocycles. The molecule has 7 heteroatoms. The number of piperidine rings is 1. The molecule has 1 aliphatic rings. The number of ether oxygens (including phenoxy) is 1. The average molecular weight is 398 g/mol. The number of hydrogen-bond donors (Lipinski definition) is 2. The Morgan fingerprint density at radius 3 is 2.46 bits per heavy atom. The number of carbonyl (C=O) groups excluding carboxylic acids is 3. The van der Waals surface area contributed by atoms with E-state index in [1.807, 2.05) is 12.1 Å². The topological polar surface area (TPSA) is 75.7 Å². The summed E-state index contributed by atoms with van der Waals surface area (Å²) in [6.07, 6.45) is 1.35. The van der Waals surface area contributed by atoms with Gasteiger partial charge < -0.3 is 15.0 Å². The molecule has 2 amide bonds. The number of amides is 2. The number of nitrogens with zero attached hydrogens (tertiary/aromatic N) is 1. The number of hydrogen-bond acceptors (Lipinski definition) is 5. The molecule has 1 N–H and O–H groups in total. The highest BCUT2D eigenvalue weighted by Gasteiger charge is 2.25. The number of thiol groups is 1. The van der Waals surface area contributed by atoms with Crippen LogP contribution in [0.5, 0.6) is 5.75 Å². The Balaban J connectivity index is 1.55. The van der Waals surface area contributed by atoms with Crippen molar-refractivity contribution in [1.29, 1.82) is 0 Å². The Labute approximate surface area is 169 Å². The molecule has 1 saturated heterocycles. The molecule has 1 fully saturated rings. The Morgan fingerprint density at radius 2 is 1.79 bits per heavy atom. The van der Waals surface area contributed by atoms with Gasteiger partial charge in [0.1, 0.15) is 5.75 Å². The Hall–Kier alpha value is -2.80. The lowest BCUT2D eigenvalue weighted by Crippen LogP contribution is -2.46.